The summed E-state index contributed by atoms with van der Waals surface area (Å²) in [5.74, 6) is -0.354. The normalized spacial score (nSPS) is 10.8. The highest BCUT2D eigenvalue weighted by Crippen LogP contribution is 2.12. The summed E-state index contributed by atoms with van der Waals surface area (Å²) in [4.78, 5) is 13.2. The Bertz CT molecular complexity index is 646. The SMILES string of the molecule is CN(CCCNCCOc1cccc(C(=O)O)c1)Cc1ccccc1. The number of nitrogens with one attached hydrogen (secondary N) is 1. The fraction of sp³-hybridized carbons (Fsp3) is 0.350. The number of carboxylic acids is 1. The molecular weight excluding hydrogens is 316 g/mol. The lowest BCUT2D eigenvalue weighted by molar-refractivity contribution is 0.0696. The number of ether oxygens (including phenoxy) is 1. The molecule has 0 radical (unpaired) electrons. The van der Waals surface area contributed by atoms with Gasteiger partial charge in [0.1, 0.15) is 12.4 Å². The van der Waals surface area contributed by atoms with Gasteiger partial charge in [-0.15, -0.1) is 0 Å². The van der Waals surface area contributed by atoms with Crippen LogP contribution in [0.5, 0.6) is 5.75 Å². The maximum atomic E-state index is 10.9. The summed E-state index contributed by atoms with van der Waals surface area (Å²) in [5.41, 5.74) is 1.57. The number of hydrogen-bond donors (Lipinski definition) is 2. The second-order valence-electron chi connectivity index (χ2n) is 6.01. The summed E-state index contributed by atoms with van der Waals surface area (Å²) in [7, 11) is 2.13. The molecule has 0 unspecified atom stereocenters. The molecule has 0 bridgehead atoms. The van der Waals surface area contributed by atoms with Crippen LogP contribution in [0, 0.1) is 0 Å². The zero-order chi connectivity index (χ0) is 17.9. The monoisotopic (exact) mass is 342 g/mol. The average Bonchev–Trinajstić information content (AvgIpc) is 2.62. The number of nitrogens with zero attached hydrogens (tertiary/aromatic N) is 1. The van der Waals surface area contributed by atoms with Crippen molar-refractivity contribution in [2.45, 2.75) is 13.0 Å². The standard InChI is InChI=1S/C20H26N2O3/c1-22(16-17-7-3-2-4-8-17)13-6-11-21-12-14-25-19-10-5-9-18(15-19)20(23)24/h2-5,7-10,15,21H,6,11-14,16H2,1H3,(H,23,24). The topological polar surface area (TPSA) is 61.8 Å². The molecule has 0 fully saturated rings. The van der Waals surface area contributed by atoms with Crippen LogP contribution in [0.2, 0.25) is 0 Å². The first-order valence-electron chi connectivity index (χ1n) is 8.54. The number of carbonyl (C=O) groups is 1. The highest BCUT2D eigenvalue weighted by Gasteiger charge is 2.03. The Kier molecular flexibility index (Phi) is 7.95. The molecule has 0 aromatic heterocycles. The highest BCUT2D eigenvalue weighted by molar-refractivity contribution is 5.87. The summed E-state index contributed by atoms with van der Waals surface area (Å²) in [5, 5.41) is 12.3. The van der Waals surface area contributed by atoms with E-state index in [1.165, 1.54) is 5.56 Å². The van der Waals surface area contributed by atoms with Gasteiger partial charge in [0.15, 0.2) is 0 Å². The van der Waals surface area contributed by atoms with Crippen LogP contribution in [-0.2, 0) is 6.54 Å². The van der Waals surface area contributed by atoms with E-state index < -0.39 is 5.97 Å². The van der Waals surface area contributed by atoms with E-state index in [1.807, 2.05) is 6.07 Å². The molecule has 0 saturated heterocycles. The minimum absolute atomic E-state index is 0.243. The fourth-order valence-electron chi connectivity index (χ4n) is 2.53. The van der Waals surface area contributed by atoms with Crippen LogP contribution < -0.4 is 10.1 Å². The van der Waals surface area contributed by atoms with Gasteiger partial charge < -0.3 is 20.1 Å². The van der Waals surface area contributed by atoms with Crippen molar-refractivity contribution in [3.8, 4) is 5.75 Å². The van der Waals surface area contributed by atoms with Crippen LogP contribution in [0.25, 0.3) is 0 Å². The van der Waals surface area contributed by atoms with Gasteiger partial charge in [-0.2, -0.15) is 0 Å². The predicted octanol–water partition coefficient (Wildman–Crippen LogP) is 2.88. The molecule has 5 heteroatoms. The average molecular weight is 342 g/mol. The van der Waals surface area contributed by atoms with E-state index in [4.69, 9.17) is 9.84 Å². The van der Waals surface area contributed by atoms with E-state index in [1.54, 1.807) is 24.3 Å². The van der Waals surface area contributed by atoms with Gasteiger partial charge in [0.05, 0.1) is 5.56 Å². The van der Waals surface area contributed by atoms with E-state index >= 15 is 0 Å². The van der Waals surface area contributed by atoms with Crippen LogP contribution >= 0.6 is 0 Å². The van der Waals surface area contributed by atoms with Crippen molar-refractivity contribution in [1.82, 2.24) is 10.2 Å². The summed E-state index contributed by atoms with van der Waals surface area (Å²) in [6.45, 7) is 4.17. The molecule has 0 amide bonds. The zero-order valence-electron chi connectivity index (χ0n) is 14.6. The molecule has 0 aliphatic heterocycles. The molecule has 0 spiro atoms. The first kappa shape index (κ1) is 19.0. The quantitative estimate of drug-likeness (QED) is 0.615. The number of aromatic carboxylic acids is 1. The molecule has 2 N–H and O–H groups in total. The summed E-state index contributed by atoms with van der Waals surface area (Å²) in [6.07, 6.45) is 1.07. The van der Waals surface area contributed by atoms with Crippen molar-refractivity contribution < 1.29 is 14.6 Å². The van der Waals surface area contributed by atoms with Gasteiger partial charge in [0.25, 0.3) is 0 Å². The number of carboxylic acid groups (broad SMARTS) is 1. The van der Waals surface area contributed by atoms with Gasteiger partial charge in [-0.1, -0.05) is 36.4 Å². The Balaban J connectivity index is 1.53. The van der Waals surface area contributed by atoms with Crippen molar-refractivity contribution in [3.05, 3.63) is 65.7 Å². The number of rotatable bonds is 11. The van der Waals surface area contributed by atoms with E-state index in [0.29, 0.717) is 12.4 Å². The van der Waals surface area contributed by atoms with Crippen LogP contribution in [0.3, 0.4) is 0 Å². The molecule has 25 heavy (non-hydrogen) atoms. The van der Waals surface area contributed by atoms with Crippen LogP contribution in [0.15, 0.2) is 54.6 Å². The Morgan fingerprint density at radius 2 is 1.92 bits per heavy atom. The maximum absolute atomic E-state index is 10.9. The third kappa shape index (κ3) is 7.37. The Morgan fingerprint density at radius 1 is 1.12 bits per heavy atom. The first-order chi connectivity index (χ1) is 12.1. The van der Waals surface area contributed by atoms with E-state index in [-0.39, 0.29) is 5.56 Å². The fourth-order valence-corrected chi connectivity index (χ4v) is 2.53. The van der Waals surface area contributed by atoms with Crippen LogP contribution in [0.4, 0.5) is 0 Å². The molecule has 0 saturated carbocycles. The van der Waals surface area contributed by atoms with Crippen molar-refractivity contribution >= 4 is 5.97 Å². The van der Waals surface area contributed by atoms with Gasteiger partial charge in [-0.05, 0) is 50.3 Å². The molecule has 0 aliphatic carbocycles. The lowest BCUT2D eigenvalue weighted by Crippen LogP contribution is -2.26. The molecular formula is C20H26N2O3. The van der Waals surface area contributed by atoms with Gasteiger partial charge in [-0.25, -0.2) is 4.79 Å². The van der Waals surface area contributed by atoms with Crippen molar-refractivity contribution in [1.29, 1.82) is 0 Å². The van der Waals surface area contributed by atoms with Crippen LogP contribution in [-0.4, -0.2) is 49.3 Å². The van der Waals surface area contributed by atoms with E-state index in [9.17, 15) is 4.79 Å². The van der Waals surface area contributed by atoms with Crippen molar-refractivity contribution in [2.24, 2.45) is 0 Å². The zero-order valence-corrected chi connectivity index (χ0v) is 14.6. The van der Waals surface area contributed by atoms with E-state index in [2.05, 4.69) is 41.5 Å². The van der Waals surface area contributed by atoms with Crippen molar-refractivity contribution in [2.75, 3.05) is 33.3 Å². The Labute approximate surface area is 149 Å². The number of benzene rings is 2. The first-order valence-corrected chi connectivity index (χ1v) is 8.54. The second-order valence-corrected chi connectivity index (χ2v) is 6.01. The Hall–Kier alpha value is -2.37. The molecule has 2 aromatic rings. The molecule has 0 heterocycles. The summed E-state index contributed by atoms with van der Waals surface area (Å²) < 4.78 is 5.57. The minimum atomic E-state index is -0.941. The van der Waals surface area contributed by atoms with Gasteiger partial charge in [0.2, 0.25) is 0 Å². The molecule has 0 atom stereocenters. The van der Waals surface area contributed by atoms with Gasteiger partial charge in [0, 0.05) is 13.1 Å². The third-order valence-electron chi connectivity index (χ3n) is 3.82. The molecule has 134 valence electrons. The smallest absolute Gasteiger partial charge is 0.335 e. The van der Waals surface area contributed by atoms with Gasteiger partial charge >= 0.3 is 5.97 Å². The summed E-state index contributed by atoms with van der Waals surface area (Å²) in [6, 6.07) is 17.0. The lowest BCUT2D eigenvalue weighted by atomic mass is 10.2. The minimum Gasteiger partial charge on any atom is -0.492 e. The van der Waals surface area contributed by atoms with Crippen LogP contribution in [0.1, 0.15) is 22.3 Å². The van der Waals surface area contributed by atoms with E-state index in [0.717, 1.165) is 32.6 Å². The third-order valence-corrected chi connectivity index (χ3v) is 3.82. The molecule has 2 aromatic carbocycles. The summed E-state index contributed by atoms with van der Waals surface area (Å²) >= 11 is 0. The lowest BCUT2D eigenvalue weighted by Gasteiger charge is -2.16. The molecule has 5 nitrogen and oxygen atoms in total. The predicted molar refractivity (Wildman–Crippen MR) is 99.2 cm³/mol. The van der Waals surface area contributed by atoms with Gasteiger partial charge in [-0.3, -0.25) is 0 Å². The molecule has 0 aliphatic rings. The largest absolute Gasteiger partial charge is 0.492 e. The van der Waals surface area contributed by atoms with Crippen molar-refractivity contribution in [3.63, 3.8) is 0 Å². The second kappa shape index (κ2) is 10.5. The highest BCUT2D eigenvalue weighted by atomic mass is 16.5. The maximum Gasteiger partial charge on any atom is 0.335 e. The molecule has 2 rings (SSSR count). The Morgan fingerprint density at radius 3 is 2.68 bits per heavy atom. The number of hydrogen-bond acceptors (Lipinski definition) is 4.